The van der Waals surface area contributed by atoms with Crippen molar-refractivity contribution in [2.75, 3.05) is 13.1 Å². The van der Waals surface area contributed by atoms with E-state index in [1.807, 2.05) is 30.3 Å². The largest absolute Gasteiger partial charge is 0.451 e. The number of carbonyl (C=O) groups is 1. The molecule has 4 nitrogen and oxygen atoms in total. The maximum atomic E-state index is 13.5. The van der Waals surface area contributed by atoms with Gasteiger partial charge in [0, 0.05) is 36.0 Å². The number of amides is 1. The summed E-state index contributed by atoms with van der Waals surface area (Å²) < 4.78 is 19.2. The summed E-state index contributed by atoms with van der Waals surface area (Å²) in [6.07, 6.45) is 0. The molecule has 1 aromatic heterocycles. The van der Waals surface area contributed by atoms with Gasteiger partial charge in [0.15, 0.2) is 5.76 Å². The first-order valence-electron chi connectivity index (χ1n) is 8.33. The van der Waals surface area contributed by atoms with Crippen LogP contribution >= 0.6 is 0 Å². The number of carbonyl (C=O) groups excluding carboxylic acids is 1. The molecule has 3 aromatic rings. The van der Waals surface area contributed by atoms with E-state index in [1.54, 1.807) is 17.9 Å². The van der Waals surface area contributed by atoms with Crippen molar-refractivity contribution in [1.82, 2.24) is 4.90 Å². The molecule has 25 heavy (non-hydrogen) atoms. The Morgan fingerprint density at radius 2 is 1.96 bits per heavy atom. The van der Waals surface area contributed by atoms with Crippen LogP contribution in [0, 0.1) is 12.7 Å². The fourth-order valence-electron chi connectivity index (χ4n) is 3.59. The minimum absolute atomic E-state index is 0.104. The van der Waals surface area contributed by atoms with Crippen LogP contribution in [0.3, 0.4) is 0 Å². The molecule has 128 valence electrons. The van der Waals surface area contributed by atoms with Gasteiger partial charge in [0.2, 0.25) is 0 Å². The Labute approximate surface area is 145 Å². The molecule has 0 saturated carbocycles. The van der Waals surface area contributed by atoms with Crippen molar-refractivity contribution in [3.63, 3.8) is 0 Å². The Balaban J connectivity index is 1.63. The summed E-state index contributed by atoms with van der Waals surface area (Å²) in [6.45, 7) is 2.81. The van der Waals surface area contributed by atoms with Crippen LogP contribution in [0.2, 0.25) is 0 Å². The fraction of sp³-hybridized carbons (Fsp3) is 0.250. The predicted octanol–water partition coefficient (Wildman–Crippen LogP) is 3.45. The van der Waals surface area contributed by atoms with Gasteiger partial charge < -0.3 is 15.1 Å². The number of rotatable bonds is 2. The zero-order valence-electron chi connectivity index (χ0n) is 13.9. The smallest absolute Gasteiger partial charge is 0.289 e. The van der Waals surface area contributed by atoms with E-state index < -0.39 is 0 Å². The molecule has 1 amide bonds. The first-order chi connectivity index (χ1) is 12.0. The van der Waals surface area contributed by atoms with Gasteiger partial charge in [-0.25, -0.2) is 4.39 Å². The third-order valence-corrected chi connectivity index (χ3v) is 4.97. The van der Waals surface area contributed by atoms with Crippen LogP contribution in [-0.4, -0.2) is 29.9 Å². The zero-order valence-corrected chi connectivity index (χ0v) is 13.9. The summed E-state index contributed by atoms with van der Waals surface area (Å²) in [5.41, 5.74) is 8.59. The number of hydrogen-bond donors (Lipinski definition) is 1. The fourth-order valence-corrected chi connectivity index (χ4v) is 3.59. The van der Waals surface area contributed by atoms with Gasteiger partial charge in [-0.3, -0.25) is 4.79 Å². The lowest BCUT2D eigenvalue weighted by Crippen LogP contribution is -2.32. The maximum Gasteiger partial charge on any atom is 0.289 e. The van der Waals surface area contributed by atoms with Crippen molar-refractivity contribution in [2.45, 2.75) is 18.9 Å². The van der Waals surface area contributed by atoms with Gasteiger partial charge >= 0.3 is 0 Å². The third kappa shape index (κ3) is 2.70. The van der Waals surface area contributed by atoms with Crippen molar-refractivity contribution < 1.29 is 13.6 Å². The van der Waals surface area contributed by atoms with Crippen molar-refractivity contribution in [3.05, 3.63) is 71.2 Å². The molecule has 1 fully saturated rings. The number of furan rings is 1. The molecule has 0 radical (unpaired) electrons. The van der Waals surface area contributed by atoms with Crippen LogP contribution in [0.1, 0.15) is 27.6 Å². The van der Waals surface area contributed by atoms with E-state index in [1.165, 1.54) is 12.1 Å². The summed E-state index contributed by atoms with van der Waals surface area (Å²) in [6, 6.07) is 14.1. The van der Waals surface area contributed by atoms with Crippen LogP contribution in [0.15, 0.2) is 52.9 Å². The molecule has 1 saturated heterocycles. The monoisotopic (exact) mass is 338 g/mol. The minimum atomic E-state index is -0.345. The molecule has 5 heteroatoms. The highest BCUT2D eigenvalue weighted by atomic mass is 19.1. The van der Waals surface area contributed by atoms with E-state index in [0.29, 0.717) is 29.6 Å². The standard InChI is InChI=1S/C20H19FN2O2/c1-12-15-9-14(21)7-8-18(15)25-19(12)20(24)23-10-16(17(22)11-23)13-5-3-2-4-6-13/h2-9,16-17H,10-11,22H2,1H3/t16-,17+/m0/s1. The summed E-state index contributed by atoms with van der Waals surface area (Å²) in [5.74, 6) is -0.167. The van der Waals surface area contributed by atoms with E-state index in [-0.39, 0.29) is 29.4 Å². The van der Waals surface area contributed by atoms with Crippen LogP contribution < -0.4 is 5.73 Å². The second-order valence-corrected chi connectivity index (χ2v) is 6.59. The molecule has 4 rings (SSSR count). The molecule has 0 aliphatic carbocycles. The quantitative estimate of drug-likeness (QED) is 0.778. The number of nitrogens with zero attached hydrogens (tertiary/aromatic N) is 1. The van der Waals surface area contributed by atoms with Gasteiger partial charge in [-0.1, -0.05) is 30.3 Å². The number of halogens is 1. The Hall–Kier alpha value is -2.66. The Morgan fingerprint density at radius 1 is 1.20 bits per heavy atom. The van der Waals surface area contributed by atoms with Gasteiger partial charge in [-0.05, 0) is 30.7 Å². The number of fused-ring (bicyclic) bond motifs is 1. The summed E-state index contributed by atoms with van der Waals surface area (Å²) >= 11 is 0. The lowest BCUT2D eigenvalue weighted by Gasteiger charge is -2.15. The minimum Gasteiger partial charge on any atom is -0.451 e. The summed E-state index contributed by atoms with van der Waals surface area (Å²) in [7, 11) is 0. The molecule has 1 aliphatic rings. The van der Waals surface area contributed by atoms with E-state index in [4.69, 9.17) is 10.2 Å². The van der Waals surface area contributed by atoms with Crippen LogP contribution in [-0.2, 0) is 0 Å². The number of benzene rings is 2. The predicted molar refractivity (Wildman–Crippen MR) is 94.0 cm³/mol. The van der Waals surface area contributed by atoms with Gasteiger partial charge in [-0.15, -0.1) is 0 Å². The normalized spacial score (nSPS) is 20.4. The first-order valence-corrected chi connectivity index (χ1v) is 8.33. The third-order valence-electron chi connectivity index (χ3n) is 4.97. The average Bonchev–Trinajstić information content (AvgIpc) is 3.16. The lowest BCUT2D eigenvalue weighted by molar-refractivity contribution is 0.0759. The molecule has 2 heterocycles. The number of aryl methyl sites for hydroxylation is 1. The van der Waals surface area contributed by atoms with Gasteiger partial charge in [0.1, 0.15) is 11.4 Å². The van der Waals surface area contributed by atoms with Gasteiger partial charge in [0.05, 0.1) is 0 Å². The molecule has 0 unspecified atom stereocenters. The van der Waals surface area contributed by atoms with Crippen LogP contribution in [0.25, 0.3) is 11.0 Å². The highest BCUT2D eigenvalue weighted by molar-refractivity contribution is 5.99. The topological polar surface area (TPSA) is 59.5 Å². The van der Waals surface area contributed by atoms with Crippen molar-refractivity contribution >= 4 is 16.9 Å². The zero-order chi connectivity index (χ0) is 17.6. The van der Waals surface area contributed by atoms with Crippen molar-refractivity contribution in [3.8, 4) is 0 Å². The molecular weight excluding hydrogens is 319 g/mol. The van der Waals surface area contributed by atoms with Gasteiger partial charge in [-0.2, -0.15) is 0 Å². The molecule has 2 atom stereocenters. The van der Waals surface area contributed by atoms with Crippen LogP contribution in [0.5, 0.6) is 0 Å². The molecule has 2 N–H and O–H groups in total. The summed E-state index contributed by atoms with van der Waals surface area (Å²) in [5, 5.41) is 0.631. The summed E-state index contributed by atoms with van der Waals surface area (Å²) in [4.78, 5) is 14.7. The number of nitrogens with two attached hydrogens (primary N) is 1. The molecule has 0 bridgehead atoms. The van der Waals surface area contributed by atoms with E-state index >= 15 is 0 Å². The number of likely N-dealkylation sites (tertiary alicyclic amines) is 1. The number of hydrogen-bond acceptors (Lipinski definition) is 3. The maximum absolute atomic E-state index is 13.5. The highest BCUT2D eigenvalue weighted by Gasteiger charge is 2.36. The molecule has 2 aromatic carbocycles. The van der Waals surface area contributed by atoms with Crippen molar-refractivity contribution in [1.29, 1.82) is 0 Å². The highest BCUT2D eigenvalue weighted by Crippen LogP contribution is 2.31. The SMILES string of the molecule is Cc1c(C(=O)N2C[C@@H](N)[C@H](c3ccccc3)C2)oc2ccc(F)cc12. The van der Waals surface area contributed by atoms with E-state index in [9.17, 15) is 9.18 Å². The molecular formula is C20H19FN2O2. The molecule has 1 aliphatic heterocycles. The molecule has 0 spiro atoms. The Bertz CT molecular complexity index is 936. The first kappa shape index (κ1) is 15.8. The lowest BCUT2D eigenvalue weighted by atomic mass is 9.95. The second-order valence-electron chi connectivity index (χ2n) is 6.59. The Kier molecular flexibility index (Phi) is 3.81. The second kappa shape index (κ2) is 6.01. The van der Waals surface area contributed by atoms with E-state index in [0.717, 1.165) is 5.56 Å². The van der Waals surface area contributed by atoms with Gasteiger partial charge in [0.25, 0.3) is 5.91 Å². The Morgan fingerprint density at radius 3 is 2.72 bits per heavy atom. The van der Waals surface area contributed by atoms with Crippen molar-refractivity contribution in [2.24, 2.45) is 5.73 Å². The average molecular weight is 338 g/mol. The van der Waals surface area contributed by atoms with E-state index in [2.05, 4.69) is 0 Å². The van der Waals surface area contributed by atoms with Crippen LogP contribution in [0.4, 0.5) is 4.39 Å².